The van der Waals surface area contributed by atoms with E-state index in [1.165, 1.54) is 16.7 Å². The number of hydrogen-bond acceptors (Lipinski definition) is 1. The molecule has 1 nitrogen and oxygen atoms in total. The van der Waals surface area contributed by atoms with Crippen LogP contribution in [0, 0.1) is 6.92 Å². The highest BCUT2D eigenvalue weighted by Gasteiger charge is 2.19. The van der Waals surface area contributed by atoms with Gasteiger partial charge in [-0.3, -0.25) is 0 Å². The Morgan fingerprint density at radius 1 is 1.11 bits per heavy atom. The first-order valence-corrected chi connectivity index (χ1v) is 7.15. The standard InChI is InChI=1S/C17H18ClN/c1-12-6-7-13(8-17(12)18)11-19-16-9-14-4-2-3-5-15(14)10-16/h2-8,16,19H,9-11H2,1H3. The van der Waals surface area contributed by atoms with Gasteiger partial charge in [0.25, 0.3) is 0 Å². The van der Waals surface area contributed by atoms with Gasteiger partial charge in [0.05, 0.1) is 0 Å². The molecule has 1 N–H and O–H groups in total. The first-order chi connectivity index (χ1) is 9.22. The molecule has 2 heteroatoms. The molecule has 0 aliphatic heterocycles. The summed E-state index contributed by atoms with van der Waals surface area (Å²) < 4.78 is 0. The van der Waals surface area contributed by atoms with Crippen molar-refractivity contribution in [3.63, 3.8) is 0 Å². The second kappa shape index (κ2) is 5.36. The Kier molecular flexibility index (Phi) is 3.58. The van der Waals surface area contributed by atoms with Crippen LogP contribution in [0.25, 0.3) is 0 Å². The maximum atomic E-state index is 6.15. The van der Waals surface area contributed by atoms with E-state index in [1.54, 1.807) is 0 Å². The molecule has 2 aromatic rings. The molecule has 0 fully saturated rings. The van der Waals surface area contributed by atoms with Crippen LogP contribution in [0.5, 0.6) is 0 Å². The second-order valence-electron chi connectivity index (χ2n) is 5.34. The Hall–Kier alpha value is -1.31. The minimum Gasteiger partial charge on any atom is -0.309 e. The van der Waals surface area contributed by atoms with Crippen molar-refractivity contribution in [1.82, 2.24) is 5.32 Å². The highest BCUT2D eigenvalue weighted by Crippen LogP contribution is 2.22. The van der Waals surface area contributed by atoms with Crippen LogP contribution < -0.4 is 5.32 Å². The third-order valence-corrected chi connectivity index (χ3v) is 4.29. The van der Waals surface area contributed by atoms with E-state index in [1.807, 2.05) is 6.92 Å². The molecule has 19 heavy (non-hydrogen) atoms. The van der Waals surface area contributed by atoms with Gasteiger partial charge in [-0.2, -0.15) is 0 Å². The van der Waals surface area contributed by atoms with Gasteiger partial charge in [-0.1, -0.05) is 48.0 Å². The lowest BCUT2D eigenvalue weighted by atomic mass is 10.1. The Morgan fingerprint density at radius 3 is 2.42 bits per heavy atom. The highest BCUT2D eigenvalue weighted by molar-refractivity contribution is 6.31. The molecule has 0 spiro atoms. The minimum absolute atomic E-state index is 0.553. The number of aryl methyl sites for hydroxylation is 1. The van der Waals surface area contributed by atoms with Gasteiger partial charge in [-0.15, -0.1) is 0 Å². The maximum Gasteiger partial charge on any atom is 0.0438 e. The third-order valence-electron chi connectivity index (χ3n) is 3.88. The van der Waals surface area contributed by atoms with E-state index in [9.17, 15) is 0 Å². The van der Waals surface area contributed by atoms with Gasteiger partial charge in [-0.25, -0.2) is 0 Å². The van der Waals surface area contributed by atoms with Crippen LogP contribution in [0.4, 0.5) is 0 Å². The summed E-state index contributed by atoms with van der Waals surface area (Å²) >= 11 is 6.15. The van der Waals surface area contributed by atoms with Gasteiger partial charge in [0.15, 0.2) is 0 Å². The summed E-state index contributed by atoms with van der Waals surface area (Å²) in [7, 11) is 0. The summed E-state index contributed by atoms with van der Waals surface area (Å²) in [6.07, 6.45) is 2.27. The van der Waals surface area contributed by atoms with Crippen LogP contribution in [0.1, 0.15) is 22.3 Å². The van der Waals surface area contributed by atoms with Crippen molar-refractivity contribution in [1.29, 1.82) is 0 Å². The predicted molar refractivity (Wildman–Crippen MR) is 80.7 cm³/mol. The average molecular weight is 272 g/mol. The van der Waals surface area contributed by atoms with Gasteiger partial charge in [0.2, 0.25) is 0 Å². The van der Waals surface area contributed by atoms with Crippen molar-refractivity contribution in [2.75, 3.05) is 0 Å². The average Bonchev–Trinajstić information content (AvgIpc) is 2.83. The zero-order valence-electron chi connectivity index (χ0n) is 11.1. The van der Waals surface area contributed by atoms with Crippen LogP contribution >= 0.6 is 11.6 Å². The fraction of sp³-hybridized carbons (Fsp3) is 0.294. The lowest BCUT2D eigenvalue weighted by Gasteiger charge is -2.12. The summed E-state index contributed by atoms with van der Waals surface area (Å²) in [6, 6.07) is 15.6. The van der Waals surface area contributed by atoms with Gasteiger partial charge in [-0.05, 0) is 48.1 Å². The summed E-state index contributed by atoms with van der Waals surface area (Å²) in [4.78, 5) is 0. The monoisotopic (exact) mass is 271 g/mol. The van der Waals surface area contributed by atoms with Crippen LogP contribution in [-0.4, -0.2) is 6.04 Å². The molecule has 2 aromatic carbocycles. The van der Waals surface area contributed by atoms with Crippen LogP contribution in [0.2, 0.25) is 5.02 Å². The van der Waals surface area contributed by atoms with Crippen molar-refractivity contribution in [2.45, 2.75) is 32.4 Å². The topological polar surface area (TPSA) is 12.0 Å². The smallest absolute Gasteiger partial charge is 0.0438 e. The largest absolute Gasteiger partial charge is 0.309 e. The Balaban J connectivity index is 1.61. The molecule has 3 rings (SSSR count). The van der Waals surface area contributed by atoms with Crippen molar-refractivity contribution >= 4 is 11.6 Å². The molecule has 0 unspecified atom stereocenters. The number of nitrogens with one attached hydrogen (secondary N) is 1. The van der Waals surface area contributed by atoms with E-state index in [2.05, 4.69) is 47.8 Å². The number of rotatable bonds is 3. The van der Waals surface area contributed by atoms with Gasteiger partial charge < -0.3 is 5.32 Å². The fourth-order valence-electron chi connectivity index (χ4n) is 2.71. The molecular formula is C17H18ClN. The minimum atomic E-state index is 0.553. The number of benzene rings is 2. The number of halogens is 1. The lowest BCUT2D eigenvalue weighted by molar-refractivity contribution is 0.533. The highest BCUT2D eigenvalue weighted by atomic mass is 35.5. The van der Waals surface area contributed by atoms with E-state index in [0.29, 0.717) is 6.04 Å². The molecule has 1 aliphatic carbocycles. The quantitative estimate of drug-likeness (QED) is 0.893. The van der Waals surface area contributed by atoms with E-state index in [-0.39, 0.29) is 0 Å². The molecule has 0 aromatic heterocycles. The zero-order chi connectivity index (χ0) is 13.2. The SMILES string of the molecule is Cc1ccc(CNC2Cc3ccccc3C2)cc1Cl. The van der Waals surface area contributed by atoms with Crippen molar-refractivity contribution in [2.24, 2.45) is 0 Å². The summed E-state index contributed by atoms with van der Waals surface area (Å²) in [5.74, 6) is 0. The molecule has 1 aliphatic rings. The maximum absolute atomic E-state index is 6.15. The van der Waals surface area contributed by atoms with E-state index >= 15 is 0 Å². The third kappa shape index (κ3) is 2.83. The molecular weight excluding hydrogens is 254 g/mol. The summed E-state index contributed by atoms with van der Waals surface area (Å²) in [5, 5.41) is 4.49. The molecule has 0 saturated heterocycles. The summed E-state index contributed by atoms with van der Waals surface area (Å²) in [5.41, 5.74) is 5.37. The number of hydrogen-bond donors (Lipinski definition) is 1. The fourth-order valence-corrected chi connectivity index (χ4v) is 2.91. The van der Waals surface area contributed by atoms with Crippen molar-refractivity contribution < 1.29 is 0 Å². The normalized spacial score (nSPS) is 14.6. The summed E-state index contributed by atoms with van der Waals surface area (Å²) in [6.45, 7) is 2.92. The number of fused-ring (bicyclic) bond motifs is 1. The van der Waals surface area contributed by atoms with Crippen molar-refractivity contribution in [3.8, 4) is 0 Å². The Labute approximate surface area is 119 Å². The van der Waals surface area contributed by atoms with Crippen LogP contribution in [-0.2, 0) is 19.4 Å². The zero-order valence-corrected chi connectivity index (χ0v) is 11.9. The molecule has 98 valence electrons. The van der Waals surface area contributed by atoms with Gasteiger partial charge >= 0.3 is 0 Å². The predicted octanol–water partition coefficient (Wildman–Crippen LogP) is 3.91. The molecule has 0 bridgehead atoms. The molecule has 0 amide bonds. The van der Waals surface area contributed by atoms with Crippen LogP contribution in [0.15, 0.2) is 42.5 Å². The first kappa shape index (κ1) is 12.7. The molecule has 0 heterocycles. The lowest BCUT2D eigenvalue weighted by Crippen LogP contribution is -2.28. The first-order valence-electron chi connectivity index (χ1n) is 6.77. The van der Waals surface area contributed by atoms with E-state index in [0.717, 1.165) is 30.0 Å². The van der Waals surface area contributed by atoms with Crippen LogP contribution in [0.3, 0.4) is 0 Å². The Bertz CT molecular complexity index is 567. The Morgan fingerprint density at radius 2 is 1.79 bits per heavy atom. The van der Waals surface area contributed by atoms with E-state index in [4.69, 9.17) is 11.6 Å². The van der Waals surface area contributed by atoms with Crippen molar-refractivity contribution in [3.05, 3.63) is 69.7 Å². The molecule has 0 saturated carbocycles. The van der Waals surface area contributed by atoms with E-state index < -0.39 is 0 Å². The molecule has 0 atom stereocenters. The van der Waals surface area contributed by atoms with Gasteiger partial charge in [0, 0.05) is 17.6 Å². The van der Waals surface area contributed by atoms with Gasteiger partial charge in [0.1, 0.15) is 0 Å². The molecule has 0 radical (unpaired) electrons. The second-order valence-corrected chi connectivity index (χ2v) is 5.75.